The van der Waals surface area contributed by atoms with Crippen LogP contribution in [-0.4, -0.2) is 0 Å². The summed E-state index contributed by atoms with van der Waals surface area (Å²) in [6.07, 6.45) is 0. The summed E-state index contributed by atoms with van der Waals surface area (Å²) in [7, 11) is 0. The molecule has 0 spiro atoms. The Morgan fingerprint density at radius 2 is 0.909 bits per heavy atom. The second-order valence-electron chi connectivity index (χ2n) is 9.14. The molecule has 0 aliphatic rings. The van der Waals surface area contributed by atoms with Gasteiger partial charge >= 0.3 is 0 Å². The smallest absolute Gasteiger partial charge is 0.00139 e. The summed E-state index contributed by atoms with van der Waals surface area (Å²) in [5, 5.41) is 7.95. The molecule has 6 aromatic rings. The van der Waals surface area contributed by atoms with Gasteiger partial charge in [-0.05, 0) is 86.5 Å². The van der Waals surface area contributed by atoms with Gasteiger partial charge in [0.05, 0.1) is 0 Å². The van der Waals surface area contributed by atoms with Crippen LogP contribution in [0.3, 0.4) is 0 Å². The van der Waals surface area contributed by atoms with Crippen LogP contribution in [0.25, 0.3) is 54.6 Å². The fourth-order valence-electron chi connectivity index (χ4n) is 5.72. The van der Waals surface area contributed by atoms with Crippen molar-refractivity contribution >= 4 is 32.3 Å². The molecular formula is C33H26. The van der Waals surface area contributed by atoms with Crippen molar-refractivity contribution in [1.29, 1.82) is 0 Å². The summed E-state index contributed by atoms with van der Waals surface area (Å²) in [5.41, 5.74) is 9.20. The Labute approximate surface area is 195 Å². The molecule has 0 saturated carbocycles. The molecule has 0 nitrogen and oxygen atoms in total. The number of hydrogen-bond acceptors (Lipinski definition) is 0. The molecule has 0 bridgehead atoms. The minimum atomic E-state index is 1.26. The van der Waals surface area contributed by atoms with Gasteiger partial charge in [0.15, 0.2) is 0 Å². The van der Waals surface area contributed by atoms with Crippen molar-refractivity contribution in [2.75, 3.05) is 0 Å². The van der Waals surface area contributed by atoms with E-state index in [1.807, 2.05) is 0 Å². The van der Waals surface area contributed by atoms with Crippen molar-refractivity contribution in [2.24, 2.45) is 0 Å². The lowest BCUT2D eigenvalue weighted by molar-refractivity contribution is 1.32. The van der Waals surface area contributed by atoms with E-state index in [-0.39, 0.29) is 0 Å². The van der Waals surface area contributed by atoms with Crippen LogP contribution in [0.2, 0.25) is 0 Å². The summed E-state index contributed by atoms with van der Waals surface area (Å²) < 4.78 is 0. The molecular weight excluding hydrogens is 396 g/mol. The highest BCUT2D eigenvalue weighted by Gasteiger charge is 2.18. The van der Waals surface area contributed by atoms with Gasteiger partial charge in [0.25, 0.3) is 0 Å². The predicted octanol–water partition coefficient (Wildman–Crippen LogP) is 9.41. The van der Waals surface area contributed by atoms with E-state index in [0.29, 0.717) is 0 Å². The van der Waals surface area contributed by atoms with Crippen LogP contribution >= 0.6 is 0 Å². The standard InChI is InChI=1S/C33H26/c1-21-19-22(2)31(23(3)20-21)30-18-10-17-29-27-14-8-7-13-26(27)28-16-9-15-25(32(28)33(29)30)24-11-5-4-6-12-24/h4-20H,1-3H3. The molecule has 0 radical (unpaired) electrons. The van der Waals surface area contributed by atoms with E-state index < -0.39 is 0 Å². The molecule has 6 aromatic carbocycles. The summed E-state index contributed by atoms with van der Waals surface area (Å²) in [6.45, 7) is 6.67. The number of rotatable bonds is 2. The average Bonchev–Trinajstić information content (AvgIpc) is 2.84. The normalized spacial score (nSPS) is 11.5. The lowest BCUT2D eigenvalue weighted by atomic mass is 9.84. The van der Waals surface area contributed by atoms with Gasteiger partial charge in [-0.25, -0.2) is 0 Å². The molecule has 0 heteroatoms. The zero-order chi connectivity index (χ0) is 22.5. The van der Waals surface area contributed by atoms with Gasteiger partial charge in [-0.2, -0.15) is 0 Å². The number of aryl methyl sites for hydroxylation is 3. The second-order valence-corrected chi connectivity index (χ2v) is 9.14. The maximum absolute atomic E-state index is 2.31. The lowest BCUT2D eigenvalue weighted by Crippen LogP contribution is -1.94. The summed E-state index contributed by atoms with van der Waals surface area (Å²) >= 11 is 0. The van der Waals surface area contributed by atoms with Crippen LogP contribution in [0.15, 0.2) is 103 Å². The van der Waals surface area contributed by atoms with E-state index in [9.17, 15) is 0 Å². The zero-order valence-corrected chi connectivity index (χ0v) is 19.3. The quantitative estimate of drug-likeness (QED) is 0.244. The Kier molecular flexibility index (Phi) is 4.55. The highest BCUT2D eigenvalue weighted by Crippen LogP contribution is 2.45. The Hall–Kier alpha value is -3.90. The van der Waals surface area contributed by atoms with E-state index in [0.717, 1.165) is 0 Å². The predicted molar refractivity (Wildman–Crippen MR) is 144 cm³/mol. The van der Waals surface area contributed by atoms with E-state index in [1.165, 1.54) is 71.3 Å². The van der Waals surface area contributed by atoms with Crippen molar-refractivity contribution < 1.29 is 0 Å². The number of hydrogen-bond donors (Lipinski definition) is 0. The first-order valence-corrected chi connectivity index (χ1v) is 11.6. The first-order chi connectivity index (χ1) is 16.1. The number of fused-ring (bicyclic) bond motifs is 6. The Bertz CT molecular complexity index is 1650. The Morgan fingerprint density at radius 1 is 0.424 bits per heavy atom. The van der Waals surface area contributed by atoms with Gasteiger partial charge in [-0.3, -0.25) is 0 Å². The van der Waals surface area contributed by atoms with E-state index in [2.05, 4.69) is 124 Å². The van der Waals surface area contributed by atoms with Crippen LogP contribution in [0.1, 0.15) is 16.7 Å². The summed E-state index contributed by atoms with van der Waals surface area (Å²) in [5.74, 6) is 0. The largest absolute Gasteiger partial charge is 0.0622 e. The third-order valence-electron chi connectivity index (χ3n) is 6.92. The first-order valence-electron chi connectivity index (χ1n) is 11.6. The van der Waals surface area contributed by atoms with Crippen molar-refractivity contribution in [3.05, 3.63) is 120 Å². The SMILES string of the molecule is Cc1cc(C)c(-c2cccc3c4ccccc4c4cccc(-c5ccccc5)c4c23)c(C)c1. The van der Waals surface area contributed by atoms with Crippen molar-refractivity contribution in [3.8, 4) is 22.3 Å². The highest BCUT2D eigenvalue weighted by molar-refractivity contribution is 6.31. The first kappa shape index (κ1) is 19.8. The van der Waals surface area contributed by atoms with Gasteiger partial charge in [0.2, 0.25) is 0 Å². The average molecular weight is 423 g/mol. The molecule has 0 heterocycles. The second kappa shape index (κ2) is 7.60. The minimum absolute atomic E-state index is 1.26. The van der Waals surface area contributed by atoms with Crippen LogP contribution < -0.4 is 0 Å². The van der Waals surface area contributed by atoms with Crippen LogP contribution in [0.5, 0.6) is 0 Å². The van der Waals surface area contributed by atoms with Crippen LogP contribution in [-0.2, 0) is 0 Å². The molecule has 0 amide bonds. The molecule has 0 aromatic heterocycles. The maximum atomic E-state index is 2.31. The zero-order valence-electron chi connectivity index (χ0n) is 19.3. The van der Waals surface area contributed by atoms with Gasteiger partial charge in [0, 0.05) is 0 Å². The molecule has 0 aliphatic heterocycles. The van der Waals surface area contributed by atoms with Gasteiger partial charge < -0.3 is 0 Å². The fraction of sp³-hybridized carbons (Fsp3) is 0.0909. The van der Waals surface area contributed by atoms with Gasteiger partial charge in [-0.1, -0.05) is 109 Å². The van der Waals surface area contributed by atoms with Gasteiger partial charge in [0.1, 0.15) is 0 Å². The Morgan fingerprint density at radius 3 is 1.52 bits per heavy atom. The molecule has 0 saturated heterocycles. The van der Waals surface area contributed by atoms with Crippen LogP contribution in [0.4, 0.5) is 0 Å². The summed E-state index contributed by atoms with van der Waals surface area (Å²) in [6, 6.07) is 37.8. The van der Waals surface area contributed by atoms with Crippen molar-refractivity contribution in [3.63, 3.8) is 0 Å². The third-order valence-corrected chi connectivity index (χ3v) is 6.92. The number of benzene rings is 6. The monoisotopic (exact) mass is 422 g/mol. The fourth-order valence-corrected chi connectivity index (χ4v) is 5.72. The van der Waals surface area contributed by atoms with Gasteiger partial charge in [-0.15, -0.1) is 0 Å². The molecule has 158 valence electrons. The van der Waals surface area contributed by atoms with Crippen molar-refractivity contribution in [1.82, 2.24) is 0 Å². The van der Waals surface area contributed by atoms with Crippen LogP contribution in [0, 0.1) is 20.8 Å². The highest BCUT2D eigenvalue weighted by atomic mass is 14.2. The maximum Gasteiger partial charge on any atom is -0.00139 e. The molecule has 33 heavy (non-hydrogen) atoms. The van der Waals surface area contributed by atoms with E-state index in [4.69, 9.17) is 0 Å². The topological polar surface area (TPSA) is 0 Å². The summed E-state index contributed by atoms with van der Waals surface area (Å²) in [4.78, 5) is 0. The van der Waals surface area contributed by atoms with E-state index >= 15 is 0 Å². The lowest BCUT2D eigenvalue weighted by Gasteiger charge is -2.19. The molecule has 0 aliphatic carbocycles. The molecule has 0 atom stereocenters. The van der Waals surface area contributed by atoms with Crippen molar-refractivity contribution in [2.45, 2.75) is 20.8 Å². The van der Waals surface area contributed by atoms with E-state index in [1.54, 1.807) is 0 Å². The molecule has 0 fully saturated rings. The minimum Gasteiger partial charge on any atom is -0.0622 e. The Balaban J connectivity index is 1.90. The third kappa shape index (κ3) is 3.06. The molecule has 0 N–H and O–H groups in total. The molecule has 0 unspecified atom stereocenters. The molecule has 6 rings (SSSR count).